The van der Waals surface area contributed by atoms with Crippen molar-refractivity contribution >= 4 is 40.6 Å². The van der Waals surface area contributed by atoms with Crippen LogP contribution in [-0.4, -0.2) is 19.9 Å². The summed E-state index contributed by atoms with van der Waals surface area (Å²) in [6.07, 6.45) is 1.65. The molecule has 0 fully saturated rings. The molecule has 0 saturated carbocycles. The normalized spacial score (nSPS) is 10.5. The Morgan fingerprint density at radius 1 is 1.16 bits per heavy atom. The molecule has 1 heterocycles. The minimum absolute atomic E-state index is 0.440. The second kappa shape index (κ2) is 7.63. The molecule has 3 aromatic rings. The minimum Gasteiger partial charge on any atom is -0.332 e. The summed E-state index contributed by atoms with van der Waals surface area (Å²) >= 11 is 11.5. The van der Waals surface area contributed by atoms with Gasteiger partial charge in [0.05, 0.1) is 6.54 Å². The Morgan fingerprint density at radius 2 is 1.96 bits per heavy atom. The van der Waals surface area contributed by atoms with E-state index < -0.39 is 0 Å². The number of nitrogens with zero attached hydrogens (tertiary/aromatic N) is 3. The largest absolute Gasteiger partial charge is 0.332 e. The van der Waals surface area contributed by atoms with E-state index in [2.05, 4.69) is 32.8 Å². The summed E-state index contributed by atoms with van der Waals surface area (Å²) in [5, 5.41) is 11.7. The molecule has 2 aromatic carbocycles. The Labute approximate surface area is 157 Å². The van der Waals surface area contributed by atoms with Crippen molar-refractivity contribution in [2.24, 2.45) is 0 Å². The van der Waals surface area contributed by atoms with Gasteiger partial charge in [0.15, 0.2) is 5.11 Å². The van der Waals surface area contributed by atoms with Crippen LogP contribution in [0.3, 0.4) is 0 Å². The van der Waals surface area contributed by atoms with Crippen LogP contribution >= 0.6 is 23.8 Å². The summed E-state index contributed by atoms with van der Waals surface area (Å²) < 4.78 is 1.71. The molecule has 0 saturated heterocycles. The van der Waals surface area contributed by atoms with Crippen LogP contribution in [0.5, 0.6) is 0 Å². The number of rotatable bonds is 4. The smallest absolute Gasteiger partial charge is 0.248 e. The zero-order valence-corrected chi connectivity index (χ0v) is 15.5. The molecular formula is C18H18ClN5S. The third kappa shape index (κ3) is 4.55. The molecule has 3 rings (SSSR count). The van der Waals surface area contributed by atoms with E-state index in [9.17, 15) is 0 Å². The van der Waals surface area contributed by atoms with E-state index in [-0.39, 0.29) is 0 Å². The predicted molar refractivity (Wildman–Crippen MR) is 106 cm³/mol. The topological polar surface area (TPSA) is 54.8 Å². The van der Waals surface area contributed by atoms with Crippen molar-refractivity contribution in [3.63, 3.8) is 0 Å². The Bertz CT molecular complexity index is 906. The number of thiocarbonyl (C=S) groups is 1. The first-order chi connectivity index (χ1) is 12.0. The highest BCUT2D eigenvalue weighted by Crippen LogP contribution is 2.17. The van der Waals surface area contributed by atoms with E-state index in [1.165, 1.54) is 0 Å². The molecule has 0 unspecified atom stereocenters. The molecule has 2 N–H and O–H groups in total. The van der Waals surface area contributed by atoms with Gasteiger partial charge >= 0.3 is 0 Å². The van der Waals surface area contributed by atoms with Gasteiger partial charge in [-0.3, -0.25) is 5.32 Å². The van der Waals surface area contributed by atoms with Gasteiger partial charge in [0.1, 0.15) is 6.33 Å². The van der Waals surface area contributed by atoms with Crippen molar-refractivity contribution in [1.29, 1.82) is 0 Å². The molecule has 128 valence electrons. The van der Waals surface area contributed by atoms with E-state index in [0.717, 1.165) is 22.4 Å². The van der Waals surface area contributed by atoms with Crippen LogP contribution in [0.1, 0.15) is 16.7 Å². The third-order valence-electron chi connectivity index (χ3n) is 3.69. The number of aromatic nitrogens is 3. The highest BCUT2D eigenvalue weighted by atomic mass is 35.5. The quantitative estimate of drug-likeness (QED) is 0.665. The molecule has 0 amide bonds. The van der Waals surface area contributed by atoms with Gasteiger partial charge in [-0.15, -0.1) is 5.10 Å². The maximum absolute atomic E-state index is 6.18. The van der Waals surface area contributed by atoms with Gasteiger partial charge in [-0.1, -0.05) is 41.9 Å². The number of hydrogen-bond acceptors (Lipinski definition) is 3. The minimum atomic E-state index is 0.440. The van der Waals surface area contributed by atoms with Crippen LogP contribution < -0.4 is 10.6 Å². The highest BCUT2D eigenvalue weighted by Gasteiger charge is 2.07. The molecule has 0 radical (unpaired) electrons. The number of hydrogen-bond donors (Lipinski definition) is 2. The van der Waals surface area contributed by atoms with E-state index >= 15 is 0 Å². The van der Waals surface area contributed by atoms with E-state index in [0.29, 0.717) is 22.6 Å². The van der Waals surface area contributed by atoms with Crippen LogP contribution in [0.15, 0.2) is 48.8 Å². The van der Waals surface area contributed by atoms with Crippen molar-refractivity contribution in [1.82, 2.24) is 14.8 Å². The Kier molecular flexibility index (Phi) is 5.31. The van der Waals surface area contributed by atoms with Gasteiger partial charge in [-0.2, -0.15) is 0 Å². The third-order valence-corrected chi connectivity index (χ3v) is 4.27. The lowest BCUT2D eigenvalue weighted by Crippen LogP contribution is -2.20. The number of aryl methyl sites for hydroxylation is 2. The molecule has 0 aliphatic rings. The molecule has 0 aliphatic heterocycles. The van der Waals surface area contributed by atoms with Crippen LogP contribution in [0, 0.1) is 13.8 Å². The van der Waals surface area contributed by atoms with Gasteiger partial charge in [0.2, 0.25) is 5.95 Å². The fraction of sp³-hybridized carbons (Fsp3) is 0.167. The van der Waals surface area contributed by atoms with Crippen molar-refractivity contribution in [3.05, 3.63) is 70.5 Å². The van der Waals surface area contributed by atoms with E-state index in [4.69, 9.17) is 23.8 Å². The van der Waals surface area contributed by atoms with E-state index in [1.54, 1.807) is 11.0 Å². The van der Waals surface area contributed by atoms with Crippen LogP contribution in [0.2, 0.25) is 5.02 Å². The first kappa shape index (κ1) is 17.4. The monoisotopic (exact) mass is 371 g/mol. The molecular weight excluding hydrogens is 354 g/mol. The van der Waals surface area contributed by atoms with Gasteiger partial charge in [0, 0.05) is 10.7 Å². The summed E-state index contributed by atoms with van der Waals surface area (Å²) in [5.74, 6) is 0.440. The van der Waals surface area contributed by atoms with Crippen LogP contribution in [0.25, 0.3) is 0 Å². The van der Waals surface area contributed by atoms with Crippen molar-refractivity contribution in [2.45, 2.75) is 20.4 Å². The average Bonchev–Trinajstić information content (AvgIpc) is 3.00. The molecule has 25 heavy (non-hydrogen) atoms. The van der Waals surface area contributed by atoms with E-state index in [1.807, 2.05) is 44.2 Å². The zero-order valence-electron chi connectivity index (χ0n) is 14.0. The molecule has 7 heteroatoms. The Hall–Kier alpha value is -2.44. The predicted octanol–water partition coefficient (Wildman–Crippen LogP) is 4.41. The van der Waals surface area contributed by atoms with Gasteiger partial charge in [-0.05, 0) is 54.9 Å². The SMILES string of the molecule is Cc1ccc(C)c(NC(=S)Nc2ncn(Cc3ccccc3Cl)n2)c1. The van der Waals surface area contributed by atoms with Gasteiger partial charge in [0.25, 0.3) is 0 Å². The number of nitrogens with one attached hydrogen (secondary N) is 2. The highest BCUT2D eigenvalue weighted by molar-refractivity contribution is 7.80. The Balaban J connectivity index is 1.64. The fourth-order valence-corrected chi connectivity index (χ4v) is 2.75. The average molecular weight is 372 g/mol. The van der Waals surface area contributed by atoms with Crippen LogP contribution in [-0.2, 0) is 6.54 Å². The van der Waals surface area contributed by atoms with Gasteiger partial charge < -0.3 is 5.32 Å². The standard InChI is InChI=1S/C18H18ClN5S/c1-12-7-8-13(2)16(9-12)21-18(25)22-17-20-11-24(23-17)10-14-5-3-4-6-15(14)19/h3-9,11H,10H2,1-2H3,(H2,21,22,23,25). The van der Waals surface area contributed by atoms with Crippen molar-refractivity contribution in [2.75, 3.05) is 10.6 Å². The zero-order chi connectivity index (χ0) is 17.8. The summed E-state index contributed by atoms with van der Waals surface area (Å²) in [6.45, 7) is 4.62. The first-order valence-electron chi connectivity index (χ1n) is 7.79. The van der Waals surface area contributed by atoms with Crippen molar-refractivity contribution < 1.29 is 0 Å². The summed E-state index contributed by atoms with van der Waals surface area (Å²) in [7, 11) is 0. The summed E-state index contributed by atoms with van der Waals surface area (Å²) in [6, 6.07) is 13.8. The second-order valence-corrected chi connectivity index (χ2v) is 6.57. The van der Waals surface area contributed by atoms with Gasteiger partial charge in [-0.25, -0.2) is 9.67 Å². The molecule has 0 aliphatic carbocycles. The lowest BCUT2D eigenvalue weighted by atomic mass is 10.1. The molecule has 0 bridgehead atoms. The molecule has 1 aromatic heterocycles. The maximum atomic E-state index is 6.18. The molecule has 5 nitrogen and oxygen atoms in total. The Morgan fingerprint density at radius 3 is 2.76 bits per heavy atom. The molecule has 0 spiro atoms. The fourth-order valence-electron chi connectivity index (χ4n) is 2.35. The number of anilines is 2. The number of halogens is 1. The van der Waals surface area contributed by atoms with Crippen LogP contribution in [0.4, 0.5) is 11.6 Å². The second-order valence-electron chi connectivity index (χ2n) is 5.75. The van der Waals surface area contributed by atoms with Crippen molar-refractivity contribution in [3.8, 4) is 0 Å². The molecule has 0 atom stereocenters. The lowest BCUT2D eigenvalue weighted by molar-refractivity contribution is 0.687. The summed E-state index contributed by atoms with van der Waals surface area (Å²) in [4.78, 5) is 4.23. The first-order valence-corrected chi connectivity index (χ1v) is 8.58. The number of benzene rings is 2. The summed E-state index contributed by atoms with van der Waals surface area (Å²) in [5.41, 5.74) is 4.23. The lowest BCUT2D eigenvalue weighted by Gasteiger charge is -2.11. The maximum Gasteiger partial charge on any atom is 0.248 e.